The largest absolute Gasteiger partial charge is 0.366 e. The van der Waals surface area contributed by atoms with Crippen LogP contribution in [0.15, 0.2) is 18.2 Å². The number of likely N-dealkylation sites (tertiary alicyclic amines) is 2. The van der Waals surface area contributed by atoms with Crippen molar-refractivity contribution in [1.29, 1.82) is 0 Å². The van der Waals surface area contributed by atoms with Crippen LogP contribution in [0.25, 0.3) is 0 Å². The highest BCUT2D eigenvalue weighted by molar-refractivity contribution is 7.81. The lowest BCUT2D eigenvalue weighted by Gasteiger charge is -2.47. The van der Waals surface area contributed by atoms with E-state index in [1.807, 2.05) is 37.8 Å². The van der Waals surface area contributed by atoms with E-state index in [0.29, 0.717) is 38.2 Å². The van der Waals surface area contributed by atoms with Crippen LogP contribution < -0.4 is 5.32 Å². The molecule has 0 aliphatic carbocycles. The lowest BCUT2D eigenvalue weighted by atomic mass is 9.91. The van der Waals surface area contributed by atoms with Gasteiger partial charge in [-0.1, -0.05) is 26.0 Å². The van der Waals surface area contributed by atoms with Gasteiger partial charge in [-0.25, -0.2) is 9.18 Å². The van der Waals surface area contributed by atoms with Crippen LogP contribution in [0.4, 0.5) is 9.18 Å². The summed E-state index contributed by atoms with van der Waals surface area (Å²) < 4.78 is 19.6. The van der Waals surface area contributed by atoms with Gasteiger partial charge < -0.3 is 19.9 Å². The Bertz CT molecular complexity index is 772. The zero-order valence-corrected chi connectivity index (χ0v) is 18.8. The van der Waals surface area contributed by atoms with Gasteiger partial charge in [0.25, 0.3) is 0 Å². The molecular weight excluding hydrogens is 405 g/mol. The molecule has 6 nitrogen and oxygen atoms in total. The summed E-state index contributed by atoms with van der Waals surface area (Å²) >= 11 is 4.67. The molecular formula is C22H32FN3O3S. The molecule has 3 aliphatic rings. The van der Waals surface area contributed by atoms with Gasteiger partial charge in [-0.2, -0.15) is 12.6 Å². The van der Waals surface area contributed by atoms with Crippen molar-refractivity contribution in [3.63, 3.8) is 0 Å². The highest BCUT2D eigenvalue weighted by Gasteiger charge is 2.41. The fourth-order valence-electron chi connectivity index (χ4n) is 4.20. The van der Waals surface area contributed by atoms with Crippen molar-refractivity contribution in [3.05, 3.63) is 35.1 Å². The zero-order valence-electron chi connectivity index (χ0n) is 17.9. The van der Waals surface area contributed by atoms with E-state index in [-0.39, 0.29) is 47.7 Å². The van der Waals surface area contributed by atoms with E-state index in [1.165, 1.54) is 0 Å². The normalized spacial score (nSPS) is 24.8. The number of ether oxygens (including phenoxy) is 1. The van der Waals surface area contributed by atoms with E-state index in [1.54, 1.807) is 11.0 Å². The topological polar surface area (TPSA) is 61.9 Å². The first kappa shape index (κ1) is 22.9. The number of fused-ring (bicyclic) bond motifs is 1. The molecule has 3 aliphatic heterocycles. The van der Waals surface area contributed by atoms with Crippen LogP contribution in [0.3, 0.4) is 0 Å². The van der Waals surface area contributed by atoms with Gasteiger partial charge in [0.1, 0.15) is 12.4 Å². The van der Waals surface area contributed by atoms with Crippen LogP contribution in [0, 0.1) is 18.7 Å². The van der Waals surface area contributed by atoms with Crippen LogP contribution in [0.2, 0.25) is 0 Å². The molecule has 3 amide bonds. The van der Waals surface area contributed by atoms with Crippen LogP contribution in [0.5, 0.6) is 0 Å². The van der Waals surface area contributed by atoms with Gasteiger partial charge in [0.2, 0.25) is 5.91 Å². The summed E-state index contributed by atoms with van der Waals surface area (Å²) in [5.41, 5.74) is 1.58. The van der Waals surface area contributed by atoms with Gasteiger partial charge in [0, 0.05) is 37.3 Å². The predicted molar refractivity (Wildman–Crippen MR) is 117 cm³/mol. The standard InChI is InChI=1S/C20H26FN3O3S.C2H6/c1-12-2-3-13(15(21)6-12)7-18(28)14-8-24(9-14)20(26)23-5-4-17-16(10-23)22-19(25)11-27-17;1-2/h2-3,6,14,16-18,28H,4-5,7-11H2,1H3,(H,22,25);1-2H3/t16-,17+,18?;/m1./s1. The summed E-state index contributed by atoms with van der Waals surface area (Å²) in [6.07, 6.45) is 1.28. The van der Waals surface area contributed by atoms with Crippen molar-refractivity contribution >= 4 is 24.6 Å². The van der Waals surface area contributed by atoms with Gasteiger partial charge in [-0.05, 0) is 37.0 Å². The summed E-state index contributed by atoms with van der Waals surface area (Å²) in [5, 5.41) is 2.93. The Labute approximate surface area is 183 Å². The first-order chi connectivity index (χ1) is 14.4. The highest BCUT2D eigenvalue weighted by atomic mass is 32.1. The fraction of sp³-hybridized carbons (Fsp3) is 0.636. The van der Waals surface area contributed by atoms with Crippen molar-refractivity contribution in [3.8, 4) is 0 Å². The Hall–Kier alpha value is -1.80. The summed E-state index contributed by atoms with van der Waals surface area (Å²) in [5.74, 6) is -0.0602. The lowest BCUT2D eigenvalue weighted by Crippen LogP contribution is -2.64. The average Bonchev–Trinajstić information content (AvgIpc) is 2.70. The van der Waals surface area contributed by atoms with E-state index in [2.05, 4.69) is 17.9 Å². The number of carbonyl (C=O) groups excluding carboxylic acids is 2. The van der Waals surface area contributed by atoms with Crippen molar-refractivity contribution in [2.45, 2.75) is 51.0 Å². The third-order valence-corrected chi connectivity index (χ3v) is 6.56. The molecule has 1 unspecified atom stereocenters. The minimum atomic E-state index is -0.189. The molecule has 1 aromatic rings. The number of hydrogen-bond acceptors (Lipinski definition) is 4. The predicted octanol–water partition coefficient (Wildman–Crippen LogP) is 2.64. The van der Waals surface area contributed by atoms with Crippen LogP contribution in [-0.4, -0.2) is 71.9 Å². The van der Waals surface area contributed by atoms with Gasteiger partial charge in [0.15, 0.2) is 0 Å². The summed E-state index contributed by atoms with van der Waals surface area (Å²) in [7, 11) is 0. The Morgan fingerprint density at radius 1 is 1.30 bits per heavy atom. The first-order valence-electron chi connectivity index (χ1n) is 10.8. The van der Waals surface area contributed by atoms with E-state index < -0.39 is 0 Å². The maximum atomic E-state index is 14.1. The molecule has 0 saturated carbocycles. The maximum Gasteiger partial charge on any atom is 0.320 e. The third kappa shape index (κ3) is 5.09. The van der Waals surface area contributed by atoms with Gasteiger partial charge >= 0.3 is 6.03 Å². The number of rotatable bonds is 3. The van der Waals surface area contributed by atoms with Crippen molar-refractivity contribution < 1.29 is 18.7 Å². The van der Waals surface area contributed by atoms with Crippen LogP contribution >= 0.6 is 12.6 Å². The first-order valence-corrected chi connectivity index (χ1v) is 11.3. The third-order valence-electron chi connectivity index (χ3n) is 5.96. The molecule has 3 fully saturated rings. The molecule has 1 aromatic carbocycles. The minimum absolute atomic E-state index is 0.00267. The van der Waals surface area contributed by atoms with E-state index in [0.717, 1.165) is 12.0 Å². The van der Waals surface area contributed by atoms with Gasteiger partial charge in [-0.15, -0.1) is 0 Å². The molecule has 3 atom stereocenters. The number of nitrogens with zero attached hydrogens (tertiary/aromatic N) is 2. The molecule has 3 heterocycles. The Morgan fingerprint density at radius 3 is 2.73 bits per heavy atom. The van der Waals surface area contributed by atoms with Crippen molar-refractivity contribution in [1.82, 2.24) is 15.1 Å². The monoisotopic (exact) mass is 437 g/mol. The molecule has 0 radical (unpaired) electrons. The molecule has 0 spiro atoms. The van der Waals surface area contributed by atoms with Crippen molar-refractivity contribution in [2.24, 2.45) is 5.92 Å². The lowest BCUT2D eigenvalue weighted by molar-refractivity contribution is -0.139. The molecule has 4 rings (SSSR count). The number of urea groups is 1. The number of nitrogens with one attached hydrogen (secondary N) is 1. The number of morpholine rings is 1. The quantitative estimate of drug-likeness (QED) is 0.715. The second-order valence-corrected chi connectivity index (χ2v) is 8.74. The summed E-state index contributed by atoms with van der Waals surface area (Å²) in [6.45, 7) is 8.36. The molecule has 0 bridgehead atoms. The Morgan fingerprint density at radius 2 is 2.03 bits per heavy atom. The average molecular weight is 438 g/mol. The number of carbonyl (C=O) groups is 2. The Kier molecular flexibility index (Phi) is 7.63. The second-order valence-electron chi connectivity index (χ2n) is 8.07. The minimum Gasteiger partial charge on any atom is -0.366 e. The summed E-state index contributed by atoms with van der Waals surface area (Å²) in [4.78, 5) is 27.9. The van der Waals surface area contributed by atoms with E-state index in [9.17, 15) is 14.0 Å². The number of thiol groups is 1. The van der Waals surface area contributed by atoms with Gasteiger partial charge in [0.05, 0.1) is 12.1 Å². The molecule has 1 N–H and O–H groups in total. The number of benzene rings is 1. The summed E-state index contributed by atoms with van der Waals surface area (Å²) in [6, 6.07) is 5.14. The number of aryl methyl sites for hydroxylation is 1. The zero-order chi connectivity index (χ0) is 21.8. The SMILES string of the molecule is CC.Cc1ccc(CC(S)C2CN(C(=O)N3CC[C@@H]4OCC(=O)N[C@@H]4C3)C2)c(F)c1. The molecule has 0 aromatic heterocycles. The molecule has 8 heteroatoms. The second kappa shape index (κ2) is 10.0. The van der Waals surface area contributed by atoms with Crippen molar-refractivity contribution in [2.75, 3.05) is 32.8 Å². The Balaban J connectivity index is 0.00000124. The number of amides is 3. The van der Waals surface area contributed by atoms with E-state index >= 15 is 0 Å². The number of halogens is 1. The van der Waals surface area contributed by atoms with Gasteiger partial charge in [-0.3, -0.25) is 4.79 Å². The van der Waals surface area contributed by atoms with E-state index in [4.69, 9.17) is 4.74 Å². The number of hydrogen-bond donors (Lipinski definition) is 2. The highest BCUT2D eigenvalue weighted by Crippen LogP contribution is 2.28. The molecule has 166 valence electrons. The van der Waals surface area contributed by atoms with Crippen LogP contribution in [-0.2, 0) is 16.0 Å². The molecule has 30 heavy (non-hydrogen) atoms. The number of piperidine rings is 1. The van der Waals surface area contributed by atoms with Crippen LogP contribution in [0.1, 0.15) is 31.4 Å². The fourth-order valence-corrected chi connectivity index (χ4v) is 4.58. The maximum absolute atomic E-state index is 14.1. The smallest absolute Gasteiger partial charge is 0.320 e. The molecule has 3 saturated heterocycles.